The minimum atomic E-state index is -0.103. The smallest absolute Gasteiger partial charge is 0.248 e. The van der Waals surface area contributed by atoms with Gasteiger partial charge in [-0.05, 0) is 54.6 Å². The molecule has 0 unspecified atom stereocenters. The summed E-state index contributed by atoms with van der Waals surface area (Å²) in [4.78, 5) is 12.8. The third-order valence-electron chi connectivity index (χ3n) is 2.43. The summed E-state index contributed by atoms with van der Waals surface area (Å²) in [5.74, 6) is -0.103. The Balaban J connectivity index is 2.03. The SMILES string of the molecule is Cc1cc(C)cc(NC(=O)C=Cc2cccs2)c1. The summed E-state index contributed by atoms with van der Waals surface area (Å²) in [6, 6.07) is 9.95. The lowest BCUT2D eigenvalue weighted by atomic mass is 10.1. The number of hydrogen-bond donors (Lipinski definition) is 1. The fourth-order valence-electron chi connectivity index (χ4n) is 1.77. The molecule has 0 aliphatic rings. The van der Waals surface area contributed by atoms with Crippen LogP contribution < -0.4 is 5.32 Å². The van der Waals surface area contributed by atoms with Crippen molar-refractivity contribution in [3.05, 3.63) is 57.8 Å². The lowest BCUT2D eigenvalue weighted by molar-refractivity contribution is -0.111. The molecule has 0 aliphatic carbocycles. The number of thiophene rings is 1. The van der Waals surface area contributed by atoms with Gasteiger partial charge in [-0.15, -0.1) is 11.3 Å². The third-order valence-corrected chi connectivity index (χ3v) is 3.27. The Hall–Kier alpha value is -1.87. The van der Waals surface area contributed by atoms with Gasteiger partial charge < -0.3 is 5.32 Å². The van der Waals surface area contributed by atoms with Crippen LogP contribution in [0.15, 0.2) is 41.8 Å². The van der Waals surface area contributed by atoms with E-state index < -0.39 is 0 Å². The van der Waals surface area contributed by atoms with E-state index in [1.807, 2.05) is 49.6 Å². The zero-order chi connectivity index (χ0) is 13.0. The molecule has 0 saturated carbocycles. The Bertz CT molecular complexity index is 550. The fraction of sp³-hybridized carbons (Fsp3) is 0.133. The number of carbonyl (C=O) groups excluding carboxylic acids is 1. The molecule has 3 heteroatoms. The normalized spacial score (nSPS) is 10.8. The van der Waals surface area contributed by atoms with Crippen molar-refractivity contribution in [1.29, 1.82) is 0 Å². The maximum atomic E-state index is 11.7. The molecule has 1 heterocycles. The van der Waals surface area contributed by atoms with Gasteiger partial charge in [0, 0.05) is 16.6 Å². The number of amides is 1. The molecule has 0 fully saturated rings. The Morgan fingerprint density at radius 3 is 2.56 bits per heavy atom. The summed E-state index contributed by atoms with van der Waals surface area (Å²) < 4.78 is 0. The lowest BCUT2D eigenvalue weighted by Gasteiger charge is -2.05. The molecule has 0 atom stereocenters. The van der Waals surface area contributed by atoms with Crippen molar-refractivity contribution in [3.63, 3.8) is 0 Å². The highest BCUT2D eigenvalue weighted by Crippen LogP contribution is 2.14. The van der Waals surface area contributed by atoms with Crippen LogP contribution in [0.25, 0.3) is 6.08 Å². The van der Waals surface area contributed by atoms with E-state index in [2.05, 4.69) is 11.4 Å². The van der Waals surface area contributed by atoms with E-state index in [9.17, 15) is 4.79 Å². The van der Waals surface area contributed by atoms with E-state index in [-0.39, 0.29) is 5.91 Å². The van der Waals surface area contributed by atoms with Gasteiger partial charge in [-0.3, -0.25) is 4.79 Å². The molecule has 1 amide bonds. The van der Waals surface area contributed by atoms with Gasteiger partial charge in [0.2, 0.25) is 5.91 Å². The molecule has 0 bridgehead atoms. The van der Waals surface area contributed by atoms with Gasteiger partial charge in [0.15, 0.2) is 0 Å². The van der Waals surface area contributed by atoms with Gasteiger partial charge in [-0.2, -0.15) is 0 Å². The average Bonchev–Trinajstić information content (AvgIpc) is 2.77. The summed E-state index contributed by atoms with van der Waals surface area (Å²) >= 11 is 1.61. The predicted octanol–water partition coefficient (Wildman–Crippen LogP) is 4.02. The molecule has 1 N–H and O–H groups in total. The summed E-state index contributed by atoms with van der Waals surface area (Å²) in [5, 5.41) is 4.85. The Kier molecular flexibility index (Phi) is 3.95. The summed E-state index contributed by atoms with van der Waals surface area (Å²) in [5.41, 5.74) is 3.13. The molecule has 18 heavy (non-hydrogen) atoms. The van der Waals surface area contributed by atoms with Gasteiger partial charge in [-0.25, -0.2) is 0 Å². The number of benzene rings is 1. The second kappa shape index (κ2) is 5.65. The number of nitrogens with one attached hydrogen (secondary N) is 1. The van der Waals surface area contributed by atoms with Crippen LogP contribution in [0.3, 0.4) is 0 Å². The molecule has 0 radical (unpaired) electrons. The molecular weight excluding hydrogens is 242 g/mol. The second-order valence-electron chi connectivity index (χ2n) is 4.21. The van der Waals surface area contributed by atoms with Crippen LogP contribution in [-0.2, 0) is 4.79 Å². The molecule has 92 valence electrons. The van der Waals surface area contributed by atoms with Crippen molar-refractivity contribution in [2.75, 3.05) is 5.32 Å². The highest BCUT2D eigenvalue weighted by Gasteiger charge is 1.99. The van der Waals surface area contributed by atoms with Crippen molar-refractivity contribution >= 4 is 29.0 Å². The maximum absolute atomic E-state index is 11.7. The van der Waals surface area contributed by atoms with Crippen LogP contribution in [-0.4, -0.2) is 5.91 Å². The van der Waals surface area contributed by atoms with Gasteiger partial charge in [0.05, 0.1) is 0 Å². The van der Waals surface area contributed by atoms with Crippen molar-refractivity contribution in [2.45, 2.75) is 13.8 Å². The first-order valence-electron chi connectivity index (χ1n) is 5.74. The first-order valence-corrected chi connectivity index (χ1v) is 6.62. The van der Waals surface area contributed by atoms with Gasteiger partial charge in [0.25, 0.3) is 0 Å². The highest BCUT2D eigenvalue weighted by atomic mass is 32.1. The van der Waals surface area contributed by atoms with Gasteiger partial charge in [-0.1, -0.05) is 12.1 Å². The van der Waals surface area contributed by atoms with Crippen molar-refractivity contribution in [3.8, 4) is 0 Å². The lowest BCUT2D eigenvalue weighted by Crippen LogP contribution is -2.07. The van der Waals surface area contributed by atoms with Crippen molar-refractivity contribution in [1.82, 2.24) is 0 Å². The summed E-state index contributed by atoms with van der Waals surface area (Å²) in [6.45, 7) is 4.04. The Morgan fingerprint density at radius 2 is 1.94 bits per heavy atom. The molecule has 0 saturated heterocycles. The largest absolute Gasteiger partial charge is 0.322 e. The van der Waals surface area contributed by atoms with E-state index >= 15 is 0 Å². The Morgan fingerprint density at radius 1 is 1.22 bits per heavy atom. The van der Waals surface area contributed by atoms with Crippen LogP contribution in [0.2, 0.25) is 0 Å². The zero-order valence-corrected chi connectivity index (χ0v) is 11.3. The first kappa shape index (κ1) is 12.6. The Labute approximate surface area is 111 Å². The van der Waals surface area contributed by atoms with E-state index in [0.29, 0.717) is 0 Å². The number of carbonyl (C=O) groups is 1. The molecule has 2 aromatic rings. The van der Waals surface area contributed by atoms with E-state index in [1.165, 1.54) is 0 Å². The summed E-state index contributed by atoms with van der Waals surface area (Å²) in [6.07, 6.45) is 3.38. The molecule has 1 aromatic carbocycles. The molecular formula is C15H15NOS. The third kappa shape index (κ3) is 3.57. The number of hydrogen-bond acceptors (Lipinski definition) is 2. The van der Waals surface area contributed by atoms with E-state index in [0.717, 1.165) is 21.7 Å². The number of anilines is 1. The van der Waals surface area contributed by atoms with Crippen LogP contribution in [0.1, 0.15) is 16.0 Å². The molecule has 1 aromatic heterocycles. The fourth-order valence-corrected chi connectivity index (χ4v) is 2.39. The molecule has 0 aliphatic heterocycles. The van der Waals surface area contributed by atoms with Crippen molar-refractivity contribution < 1.29 is 4.79 Å². The van der Waals surface area contributed by atoms with Crippen LogP contribution in [0.5, 0.6) is 0 Å². The molecule has 0 spiro atoms. The average molecular weight is 257 g/mol. The van der Waals surface area contributed by atoms with Crippen LogP contribution >= 0.6 is 11.3 Å². The standard InChI is InChI=1S/C15H15NOS/c1-11-8-12(2)10-13(9-11)16-15(17)6-5-14-4-3-7-18-14/h3-10H,1-2H3,(H,16,17). The highest BCUT2D eigenvalue weighted by molar-refractivity contribution is 7.10. The van der Waals surface area contributed by atoms with E-state index in [4.69, 9.17) is 0 Å². The van der Waals surface area contributed by atoms with Gasteiger partial charge in [0.1, 0.15) is 0 Å². The van der Waals surface area contributed by atoms with Crippen LogP contribution in [0.4, 0.5) is 5.69 Å². The predicted molar refractivity (Wildman–Crippen MR) is 77.9 cm³/mol. The van der Waals surface area contributed by atoms with Gasteiger partial charge >= 0.3 is 0 Å². The monoisotopic (exact) mass is 257 g/mol. The minimum Gasteiger partial charge on any atom is -0.322 e. The zero-order valence-electron chi connectivity index (χ0n) is 10.4. The number of aryl methyl sites for hydroxylation is 2. The first-order chi connectivity index (χ1) is 8.63. The summed E-state index contributed by atoms with van der Waals surface area (Å²) in [7, 11) is 0. The van der Waals surface area contributed by atoms with E-state index in [1.54, 1.807) is 17.4 Å². The molecule has 2 rings (SSSR count). The van der Waals surface area contributed by atoms with Crippen molar-refractivity contribution in [2.24, 2.45) is 0 Å². The quantitative estimate of drug-likeness (QED) is 0.827. The topological polar surface area (TPSA) is 29.1 Å². The minimum absolute atomic E-state index is 0.103. The maximum Gasteiger partial charge on any atom is 0.248 e. The molecule has 2 nitrogen and oxygen atoms in total. The number of rotatable bonds is 3. The second-order valence-corrected chi connectivity index (χ2v) is 5.19. The van der Waals surface area contributed by atoms with Crippen LogP contribution in [0, 0.1) is 13.8 Å².